The number of aryl methyl sites for hydroxylation is 1. The molecule has 4 heteroatoms. The Hall–Kier alpha value is -1.09. The molecule has 0 radical (unpaired) electrons. The number of halogens is 2. The van der Waals surface area contributed by atoms with Crippen molar-refractivity contribution >= 4 is 23.2 Å². The first-order valence-corrected chi connectivity index (χ1v) is 5.89. The van der Waals surface area contributed by atoms with Gasteiger partial charge in [-0.25, -0.2) is 0 Å². The van der Waals surface area contributed by atoms with Gasteiger partial charge in [0.05, 0.1) is 15.7 Å². The molecule has 0 fully saturated rings. The third kappa shape index (κ3) is 2.78. The molecule has 0 aliphatic heterocycles. The molecule has 0 saturated heterocycles. The van der Waals surface area contributed by atoms with Crippen LogP contribution in [-0.4, -0.2) is 10.1 Å². The summed E-state index contributed by atoms with van der Waals surface area (Å²) >= 11 is 11.7. The summed E-state index contributed by atoms with van der Waals surface area (Å²) in [5.74, 6) is 0. The Morgan fingerprint density at radius 3 is 2.53 bits per heavy atom. The number of aliphatic hydroxyl groups excluding tert-OH is 1. The van der Waals surface area contributed by atoms with Gasteiger partial charge in [-0.1, -0.05) is 29.3 Å². The van der Waals surface area contributed by atoms with Crippen LogP contribution in [0.25, 0.3) is 0 Å². The molecule has 1 atom stereocenters. The lowest BCUT2D eigenvalue weighted by molar-refractivity contribution is 0.215. The summed E-state index contributed by atoms with van der Waals surface area (Å²) in [7, 11) is 0. The minimum absolute atomic E-state index is 0.427. The van der Waals surface area contributed by atoms with Gasteiger partial charge in [0, 0.05) is 6.20 Å². The van der Waals surface area contributed by atoms with E-state index in [1.165, 1.54) is 0 Å². The van der Waals surface area contributed by atoms with Crippen molar-refractivity contribution in [1.29, 1.82) is 0 Å². The zero-order valence-electron chi connectivity index (χ0n) is 9.19. The molecule has 17 heavy (non-hydrogen) atoms. The fraction of sp³-hybridized carbons (Fsp3) is 0.154. The minimum atomic E-state index is -0.787. The van der Waals surface area contributed by atoms with Crippen molar-refractivity contribution in [2.75, 3.05) is 0 Å². The van der Waals surface area contributed by atoms with E-state index in [0.717, 1.165) is 5.56 Å². The molecular formula is C13H11Cl2NO. The second kappa shape index (κ2) is 5.05. The molecule has 0 amide bonds. The van der Waals surface area contributed by atoms with Gasteiger partial charge >= 0.3 is 0 Å². The molecule has 0 saturated carbocycles. The van der Waals surface area contributed by atoms with Gasteiger partial charge in [-0.3, -0.25) is 4.98 Å². The Kier molecular flexibility index (Phi) is 3.67. The highest BCUT2D eigenvalue weighted by atomic mass is 35.5. The highest BCUT2D eigenvalue weighted by Gasteiger charge is 2.13. The Labute approximate surface area is 110 Å². The Morgan fingerprint density at radius 2 is 1.88 bits per heavy atom. The third-order valence-corrected chi connectivity index (χ3v) is 3.22. The SMILES string of the molecule is Cc1ccnc(C(O)c2ccc(Cl)c(Cl)c2)c1. The lowest BCUT2D eigenvalue weighted by Crippen LogP contribution is -2.02. The van der Waals surface area contributed by atoms with E-state index >= 15 is 0 Å². The van der Waals surface area contributed by atoms with Crippen LogP contribution in [0.4, 0.5) is 0 Å². The summed E-state index contributed by atoms with van der Waals surface area (Å²) in [6.45, 7) is 1.95. The zero-order valence-corrected chi connectivity index (χ0v) is 10.7. The lowest BCUT2D eigenvalue weighted by atomic mass is 10.1. The van der Waals surface area contributed by atoms with Crippen LogP contribution in [0.5, 0.6) is 0 Å². The molecule has 2 aromatic rings. The summed E-state index contributed by atoms with van der Waals surface area (Å²) in [6, 6.07) is 8.78. The number of pyridine rings is 1. The highest BCUT2D eigenvalue weighted by molar-refractivity contribution is 6.42. The van der Waals surface area contributed by atoms with E-state index in [1.807, 2.05) is 19.1 Å². The maximum Gasteiger partial charge on any atom is 0.121 e. The van der Waals surface area contributed by atoms with Crippen LogP contribution < -0.4 is 0 Å². The van der Waals surface area contributed by atoms with Crippen molar-refractivity contribution in [1.82, 2.24) is 4.98 Å². The van der Waals surface area contributed by atoms with E-state index in [1.54, 1.807) is 24.4 Å². The number of hydrogen-bond donors (Lipinski definition) is 1. The monoisotopic (exact) mass is 267 g/mol. The number of rotatable bonds is 2. The zero-order chi connectivity index (χ0) is 12.4. The van der Waals surface area contributed by atoms with Crippen LogP contribution in [-0.2, 0) is 0 Å². The van der Waals surface area contributed by atoms with Crippen molar-refractivity contribution in [3.05, 3.63) is 63.4 Å². The molecule has 1 aromatic heterocycles. The molecule has 1 heterocycles. The molecule has 1 aromatic carbocycles. The Balaban J connectivity index is 2.36. The third-order valence-electron chi connectivity index (χ3n) is 2.48. The second-order valence-corrected chi connectivity index (χ2v) is 4.65. The quantitative estimate of drug-likeness (QED) is 0.899. The summed E-state index contributed by atoms with van der Waals surface area (Å²) < 4.78 is 0. The predicted molar refractivity (Wildman–Crippen MR) is 69.5 cm³/mol. The van der Waals surface area contributed by atoms with Gasteiger partial charge in [-0.05, 0) is 42.3 Å². The standard InChI is InChI=1S/C13H11Cl2NO/c1-8-4-5-16-12(6-8)13(17)9-2-3-10(14)11(15)7-9/h2-7,13,17H,1H3. The topological polar surface area (TPSA) is 33.1 Å². The average Bonchev–Trinajstić information content (AvgIpc) is 2.32. The number of aliphatic hydroxyl groups is 1. The number of hydrogen-bond acceptors (Lipinski definition) is 2. The Bertz CT molecular complexity index is 543. The lowest BCUT2D eigenvalue weighted by Gasteiger charge is -2.11. The predicted octanol–water partition coefficient (Wildman–Crippen LogP) is 3.78. The minimum Gasteiger partial charge on any atom is -0.382 e. The number of aromatic nitrogens is 1. The molecular weight excluding hydrogens is 257 g/mol. The van der Waals surface area contributed by atoms with Crippen molar-refractivity contribution < 1.29 is 5.11 Å². The van der Waals surface area contributed by atoms with Crippen LogP contribution in [0.15, 0.2) is 36.5 Å². The first-order chi connectivity index (χ1) is 8.08. The highest BCUT2D eigenvalue weighted by Crippen LogP contribution is 2.28. The molecule has 2 nitrogen and oxygen atoms in total. The first kappa shape index (κ1) is 12.4. The average molecular weight is 268 g/mol. The summed E-state index contributed by atoms with van der Waals surface area (Å²) in [6.07, 6.45) is 0.885. The maximum absolute atomic E-state index is 10.2. The normalized spacial score (nSPS) is 12.5. The van der Waals surface area contributed by atoms with Crippen molar-refractivity contribution in [3.8, 4) is 0 Å². The maximum atomic E-state index is 10.2. The van der Waals surface area contributed by atoms with Crippen molar-refractivity contribution in [3.63, 3.8) is 0 Å². The largest absolute Gasteiger partial charge is 0.382 e. The van der Waals surface area contributed by atoms with E-state index in [2.05, 4.69) is 4.98 Å². The van der Waals surface area contributed by atoms with E-state index in [9.17, 15) is 5.11 Å². The molecule has 0 aliphatic rings. The van der Waals surface area contributed by atoms with Gasteiger partial charge in [-0.2, -0.15) is 0 Å². The molecule has 1 unspecified atom stereocenters. The van der Waals surface area contributed by atoms with Gasteiger partial charge in [0.15, 0.2) is 0 Å². The van der Waals surface area contributed by atoms with E-state index in [-0.39, 0.29) is 0 Å². The van der Waals surface area contributed by atoms with Gasteiger partial charge < -0.3 is 5.11 Å². The van der Waals surface area contributed by atoms with E-state index in [4.69, 9.17) is 23.2 Å². The number of nitrogens with zero attached hydrogens (tertiary/aromatic N) is 1. The van der Waals surface area contributed by atoms with Gasteiger partial charge in [0.2, 0.25) is 0 Å². The molecule has 2 rings (SSSR count). The van der Waals surface area contributed by atoms with Gasteiger partial charge in [0.1, 0.15) is 6.10 Å². The van der Waals surface area contributed by atoms with Crippen molar-refractivity contribution in [2.24, 2.45) is 0 Å². The molecule has 1 N–H and O–H groups in total. The molecule has 0 aliphatic carbocycles. The first-order valence-electron chi connectivity index (χ1n) is 5.13. The fourth-order valence-corrected chi connectivity index (χ4v) is 1.87. The summed E-state index contributed by atoms with van der Waals surface area (Å²) in [4.78, 5) is 4.14. The van der Waals surface area contributed by atoms with E-state index in [0.29, 0.717) is 21.3 Å². The van der Waals surface area contributed by atoms with Crippen molar-refractivity contribution in [2.45, 2.75) is 13.0 Å². The second-order valence-electron chi connectivity index (χ2n) is 3.83. The van der Waals surface area contributed by atoms with Crippen LogP contribution >= 0.6 is 23.2 Å². The smallest absolute Gasteiger partial charge is 0.121 e. The number of benzene rings is 1. The van der Waals surface area contributed by atoms with Crippen LogP contribution in [0.1, 0.15) is 22.9 Å². The van der Waals surface area contributed by atoms with Crippen LogP contribution in [0.2, 0.25) is 10.0 Å². The summed E-state index contributed by atoms with van der Waals surface area (Å²) in [5.41, 5.74) is 2.33. The molecule has 0 spiro atoms. The van der Waals surface area contributed by atoms with Crippen LogP contribution in [0.3, 0.4) is 0 Å². The van der Waals surface area contributed by atoms with Crippen LogP contribution in [0, 0.1) is 6.92 Å². The van der Waals surface area contributed by atoms with Gasteiger partial charge in [0.25, 0.3) is 0 Å². The summed E-state index contributed by atoms with van der Waals surface area (Å²) in [5, 5.41) is 11.1. The molecule has 88 valence electrons. The molecule has 0 bridgehead atoms. The van der Waals surface area contributed by atoms with Gasteiger partial charge in [-0.15, -0.1) is 0 Å². The Morgan fingerprint density at radius 1 is 1.12 bits per heavy atom. The fourth-order valence-electron chi connectivity index (χ4n) is 1.56. The van der Waals surface area contributed by atoms with E-state index < -0.39 is 6.10 Å².